The smallest absolute Gasteiger partial charge is 0.251 e. The van der Waals surface area contributed by atoms with Crippen LogP contribution in [0.4, 0.5) is 0 Å². The van der Waals surface area contributed by atoms with Gasteiger partial charge in [-0.3, -0.25) is 4.79 Å². The fourth-order valence-electron chi connectivity index (χ4n) is 4.09. The van der Waals surface area contributed by atoms with E-state index in [0.29, 0.717) is 18.5 Å². The number of benzene rings is 1. The van der Waals surface area contributed by atoms with Gasteiger partial charge in [-0.2, -0.15) is 0 Å². The largest absolute Gasteiger partial charge is 0.493 e. The fourth-order valence-corrected chi connectivity index (χ4v) is 4.09. The second kappa shape index (κ2) is 7.36. The highest BCUT2D eigenvalue weighted by Crippen LogP contribution is 2.46. The molecule has 2 aliphatic heterocycles. The summed E-state index contributed by atoms with van der Waals surface area (Å²) < 4.78 is 5.91. The Morgan fingerprint density at radius 2 is 1.92 bits per heavy atom. The Kier molecular flexibility index (Phi) is 5.38. The Labute approximate surface area is 151 Å². The minimum absolute atomic E-state index is 0.0249. The second-order valence-electron chi connectivity index (χ2n) is 8.32. The van der Waals surface area contributed by atoms with E-state index >= 15 is 0 Å². The summed E-state index contributed by atoms with van der Waals surface area (Å²) in [5.41, 5.74) is 2.18. The summed E-state index contributed by atoms with van der Waals surface area (Å²) in [5, 5.41) is 3.03. The molecule has 0 radical (unpaired) electrons. The Balaban J connectivity index is 1.82. The summed E-state index contributed by atoms with van der Waals surface area (Å²) >= 11 is 0. The molecule has 0 bridgehead atoms. The van der Waals surface area contributed by atoms with E-state index < -0.39 is 0 Å². The van der Waals surface area contributed by atoms with Crippen LogP contribution in [0.25, 0.3) is 0 Å². The van der Waals surface area contributed by atoms with Gasteiger partial charge >= 0.3 is 0 Å². The monoisotopic (exact) mass is 344 g/mol. The molecular formula is C21H32N2O2. The first kappa shape index (κ1) is 18.2. The summed E-state index contributed by atoms with van der Waals surface area (Å²) in [5.74, 6) is 1.46. The first-order valence-corrected chi connectivity index (χ1v) is 9.71. The number of likely N-dealkylation sites (tertiary alicyclic amines) is 1. The van der Waals surface area contributed by atoms with Gasteiger partial charge in [0.25, 0.3) is 5.91 Å². The topological polar surface area (TPSA) is 41.6 Å². The highest BCUT2D eigenvalue weighted by atomic mass is 16.5. The van der Waals surface area contributed by atoms with Crippen LogP contribution >= 0.6 is 0 Å². The van der Waals surface area contributed by atoms with Gasteiger partial charge < -0.3 is 15.0 Å². The zero-order valence-electron chi connectivity index (χ0n) is 16.1. The predicted octanol–water partition coefficient (Wildman–Crippen LogP) is 3.60. The third-order valence-corrected chi connectivity index (χ3v) is 5.81. The molecule has 4 nitrogen and oxygen atoms in total. The number of ether oxygens (including phenoxy) is 1. The summed E-state index contributed by atoms with van der Waals surface area (Å²) in [4.78, 5) is 15.0. The summed E-state index contributed by atoms with van der Waals surface area (Å²) in [7, 11) is 0. The Bertz CT molecular complexity index is 616. The molecule has 0 unspecified atom stereocenters. The molecular weight excluding hydrogens is 312 g/mol. The molecule has 1 fully saturated rings. The molecule has 138 valence electrons. The Hall–Kier alpha value is -1.55. The first-order chi connectivity index (χ1) is 11.9. The number of rotatable bonds is 4. The zero-order valence-corrected chi connectivity index (χ0v) is 16.1. The molecule has 3 rings (SSSR count). The second-order valence-corrected chi connectivity index (χ2v) is 8.32. The van der Waals surface area contributed by atoms with Crippen LogP contribution in [0, 0.1) is 5.92 Å². The van der Waals surface area contributed by atoms with E-state index in [2.05, 4.69) is 44.0 Å². The lowest BCUT2D eigenvalue weighted by atomic mass is 9.69. The maximum absolute atomic E-state index is 12.5. The number of nitrogens with one attached hydrogen (secondary N) is 1. The van der Waals surface area contributed by atoms with Gasteiger partial charge in [-0.05, 0) is 70.3 Å². The van der Waals surface area contributed by atoms with Crippen LogP contribution in [-0.2, 0) is 5.41 Å². The number of carbonyl (C=O) groups is 1. The number of amides is 1. The highest BCUT2D eigenvalue weighted by Gasteiger charge is 2.41. The van der Waals surface area contributed by atoms with Crippen molar-refractivity contribution in [1.82, 2.24) is 10.2 Å². The van der Waals surface area contributed by atoms with Crippen molar-refractivity contribution >= 4 is 5.91 Å². The Morgan fingerprint density at radius 1 is 1.20 bits per heavy atom. The standard InChI is InChI=1S/C21H32N2O2/c1-15(2)14-22-20(24)17-5-6-19-18(13-17)21(9-12-25-19)7-10-23(11-8-21)16(3)4/h5-6,13,15-16H,7-12,14H2,1-4H3,(H,22,24). The molecule has 1 N–H and O–H groups in total. The quantitative estimate of drug-likeness (QED) is 0.907. The van der Waals surface area contributed by atoms with E-state index in [1.165, 1.54) is 5.56 Å². The fraction of sp³-hybridized carbons (Fsp3) is 0.667. The van der Waals surface area contributed by atoms with Crippen LogP contribution < -0.4 is 10.1 Å². The number of hydrogen-bond acceptors (Lipinski definition) is 3. The molecule has 0 saturated carbocycles. The van der Waals surface area contributed by atoms with Crippen LogP contribution in [0.2, 0.25) is 0 Å². The molecule has 2 heterocycles. The summed E-state index contributed by atoms with van der Waals surface area (Å²) in [6, 6.07) is 6.59. The number of fused-ring (bicyclic) bond motifs is 2. The van der Waals surface area contributed by atoms with Gasteiger partial charge in [0.15, 0.2) is 0 Å². The van der Waals surface area contributed by atoms with Gasteiger partial charge in [0, 0.05) is 29.1 Å². The molecule has 0 aliphatic carbocycles. The van der Waals surface area contributed by atoms with E-state index in [4.69, 9.17) is 4.74 Å². The van der Waals surface area contributed by atoms with Crippen molar-refractivity contribution in [1.29, 1.82) is 0 Å². The molecule has 2 aliphatic rings. The normalized spacial score (nSPS) is 19.8. The van der Waals surface area contributed by atoms with Gasteiger partial charge in [-0.25, -0.2) is 0 Å². The lowest BCUT2D eigenvalue weighted by Crippen LogP contribution is -2.47. The van der Waals surface area contributed by atoms with E-state index in [-0.39, 0.29) is 11.3 Å². The number of carbonyl (C=O) groups excluding carboxylic acids is 1. The SMILES string of the molecule is CC(C)CNC(=O)c1ccc2c(c1)C1(CCO2)CCN(C(C)C)CC1. The highest BCUT2D eigenvalue weighted by molar-refractivity contribution is 5.94. The number of nitrogens with zero attached hydrogens (tertiary/aromatic N) is 1. The van der Waals surface area contributed by atoms with Gasteiger partial charge in [-0.1, -0.05) is 13.8 Å². The van der Waals surface area contributed by atoms with Crippen LogP contribution in [0.5, 0.6) is 5.75 Å². The molecule has 1 saturated heterocycles. The summed E-state index contributed by atoms with van der Waals surface area (Å²) in [6.07, 6.45) is 3.36. The molecule has 1 aromatic carbocycles. The van der Waals surface area contributed by atoms with Gasteiger partial charge in [0.1, 0.15) is 5.75 Å². The minimum atomic E-state index is 0.0249. The summed E-state index contributed by atoms with van der Waals surface area (Å²) in [6.45, 7) is 12.5. The van der Waals surface area contributed by atoms with Gasteiger partial charge in [-0.15, -0.1) is 0 Å². The van der Waals surface area contributed by atoms with Crippen LogP contribution in [0.15, 0.2) is 18.2 Å². The predicted molar refractivity (Wildman–Crippen MR) is 101 cm³/mol. The van der Waals surface area contributed by atoms with E-state index in [1.54, 1.807) is 0 Å². The van der Waals surface area contributed by atoms with Crippen molar-refractivity contribution in [2.75, 3.05) is 26.2 Å². The maximum atomic E-state index is 12.5. The Morgan fingerprint density at radius 3 is 2.56 bits per heavy atom. The van der Waals surface area contributed by atoms with Gasteiger partial charge in [0.2, 0.25) is 0 Å². The van der Waals surface area contributed by atoms with Crippen molar-refractivity contribution in [3.63, 3.8) is 0 Å². The van der Waals surface area contributed by atoms with Crippen molar-refractivity contribution < 1.29 is 9.53 Å². The molecule has 1 spiro atoms. The van der Waals surface area contributed by atoms with Crippen LogP contribution in [0.1, 0.15) is 62.9 Å². The van der Waals surface area contributed by atoms with E-state index in [1.807, 2.05) is 12.1 Å². The third-order valence-electron chi connectivity index (χ3n) is 5.81. The maximum Gasteiger partial charge on any atom is 0.251 e. The molecule has 25 heavy (non-hydrogen) atoms. The van der Waals surface area contributed by atoms with Crippen molar-refractivity contribution in [3.8, 4) is 5.75 Å². The minimum Gasteiger partial charge on any atom is -0.493 e. The third kappa shape index (κ3) is 3.84. The average molecular weight is 344 g/mol. The van der Waals surface area contributed by atoms with Crippen molar-refractivity contribution in [3.05, 3.63) is 29.3 Å². The number of piperidine rings is 1. The first-order valence-electron chi connectivity index (χ1n) is 9.71. The van der Waals surface area contributed by atoms with Crippen molar-refractivity contribution in [2.45, 2.75) is 58.4 Å². The lowest BCUT2D eigenvalue weighted by Gasteiger charge is -2.46. The molecule has 0 aromatic heterocycles. The number of hydrogen-bond donors (Lipinski definition) is 1. The zero-order chi connectivity index (χ0) is 18.0. The average Bonchev–Trinajstić information content (AvgIpc) is 2.60. The van der Waals surface area contributed by atoms with Crippen LogP contribution in [0.3, 0.4) is 0 Å². The van der Waals surface area contributed by atoms with Gasteiger partial charge in [0.05, 0.1) is 6.61 Å². The molecule has 1 aromatic rings. The molecule has 1 amide bonds. The lowest BCUT2D eigenvalue weighted by molar-refractivity contribution is 0.0940. The molecule has 0 atom stereocenters. The van der Waals surface area contributed by atoms with E-state index in [0.717, 1.165) is 50.3 Å². The van der Waals surface area contributed by atoms with Crippen molar-refractivity contribution in [2.24, 2.45) is 5.92 Å². The molecule has 4 heteroatoms. The van der Waals surface area contributed by atoms with E-state index in [9.17, 15) is 4.79 Å². The van der Waals surface area contributed by atoms with Crippen LogP contribution in [-0.4, -0.2) is 43.1 Å².